The summed E-state index contributed by atoms with van der Waals surface area (Å²) in [7, 11) is 0. The Labute approximate surface area is 105 Å². The van der Waals surface area contributed by atoms with Crippen molar-refractivity contribution in [3.8, 4) is 0 Å². The number of hydrogen-bond donors (Lipinski definition) is 0. The van der Waals surface area contributed by atoms with Crippen molar-refractivity contribution in [2.45, 2.75) is 59.3 Å². The van der Waals surface area contributed by atoms with Gasteiger partial charge in [0.15, 0.2) is 0 Å². The molecule has 3 heteroatoms. The summed E-state index contributed by atoms with van der Waals surface area (Å²) in [6, 6.07) is 0. The van der Waals surface area contributed by atoms with Crippen molar-refractivity contribution in [1.29, 1.82) is 0 Å². The SMILES string of the molecule is CCCCC(CC)COC(=O)CCC(C)C=O. The summed E-state index contributed by atoms with van der Waals surface area (Å²) in [6.07, 6.45) is 6.38. The fourth-order valence-electron chi connectivity index (χ4n) is 1.59. The number of carbonyl (C=O) groups is 2. The van der Waals surface area contributed by atoms with Crippen molar-refractivity contribution < 1.29 is 14.3 Å². The highest BCUT2D eigenvalue weighted by Gasteiger charge is 2.11. The third-order valence-corrected chi connectivity index (χ3v) is 3.06. The quantitative estimate of drug-likeness (QED) is 0.436. The maximum absolute atomic E-state index is 11.4. The standard InChI is InChI=1S/C14H26O3/c1-4-6-7-13(5-2)11-17-14(16)9-8-12(3)10-15/h10,12-13H,4-9,11H2,1-3H3. The summed E-state index contributed by atoms with van der Waals surface area (Å²) in [6.45, 7) is 6.64. The zero-order chi connectivity index (χ0) is 13.1. The van der Waals surface area contributed by atoms with Gasteiger partial charge in [-0.25, -0.2) is 0 Å². The topological polar surface area (TPSA) is 43.4 Å². The third kappa shape index (κ3) is 8.90. The van der Waals surface area contributed by atoms with E-state index in [1.165, 1.54) is 12.8 Å². The Hall–Kier alpha value is -0.860. The van der Waals surface area contributed by atoms with Crippen molar-refractivity contribution in [2.24, 2.45) is 11.8 Å². The van der Waals surface area contributed by atoms with E-state index in [-0.39, 0.29) is 11.9 Å². The number of hydrogen-bond acceptors (Lipinski definition) is 3. The molecule has 0 aliphatic heterocycles. The highest BCUT2D eigenvalue weighted by molar-refractivity contribution is 5.69. The second-order valence-electron chi connectivity index (χ2n) is 4.75. The fraction of sp³-hybridized carbons (Fsp3) is 0.857. The molecule has 17 heavy (non-hydrogen) atoms. The van der Waals surface area contributed by atoms with Gasteiger partial charge in [-0.15, -0.1) is 0 Å². The highest BCUT2D eigenvalue weighted by atomic mass is 16.5. The molecule has 0 aromatic rings. The van der Waals surface area contributed by atoms with Crippen molar-refractivity contribution in [1.82, 2.24) is 0 Å². The third-order valence-electron chi connectivity index (χ3n) is 3.06. The molecule has 0 rings (SSSR count). The van der Waals surface area contributed by atoms with E-state index in [9.17, 15) is 9.59 Å². The van der Waals surface area contributed by atoms with E-state index in [0.29, 0.717) is 25.4 Å². The molecule has 0 amide bonds. The average molecular weight is 242 g/mol. The maximum Gasteiger partial charge on any atom is 0.305 e. The van der Waals surface area contributed by atoms with Crippen molar-refractivity contribution in [3.05, 3.63) is 0 Å². The Morgan fingerprint density at radius 2 is 2.00 bits per heavy atom. The number of unbranched alkanes of at least 4 members (excludes halogenated alkanes) is 1. The van der Waals surface area contributed by atoms with Gasteiger partial charge in [-0.2, -0.15) is 0 Å². The Bertz CT molecular complexity index is 214. The second kappa shape index (κ2) is 10.3. The van der Waals surface area contributed by atoms with Gasteiger partial charge in [-0.3, -0.25) is 4.79 Å². The Balaban J connectivity index is 3.69. The second-order valence-corrected chi connectivity index (χ2v) is 4.75. The maximum atomic E-state index is 11.4. The Morgan fingerprint density at radius 3 is 2.53 bits per heavy atom. The largest absolute Gasteiger partial charge is 0.465 e. The number of carbonyl (C=O) groups excluding carboxylic acids is 2. The predicted octanol–water partition coefficient (Wildman–Crippen LogP) is 3.36. The summed E-state index contributed by atoms with van der Waals surface area (Å²) >= 11 is 0. The lowest BCUT2D eigenvalue weighted by molar-refractivity contribution is -0.145. The van der Waals surface area contributed by atoms with Gasteiger partial charge >= 0.3 is 5.97 Å². The van der Waals surface area contributed by atoms with Crippen molar-refractivity contribution >= 4 is 12.3 Å². The normalized spacial score (nSPS) is 14.1. The molecule has 3 nitrogen and oxygen atoms in total. The van der Waals surface area contributed by atoms with Crippen LogP contribution >= 0.6 is 0 Å². The summed E-state index contributed by atoms with van der Waals surface area (Å²) in [5.74, 6) is 0.264. The monoisotopic (exact) mass is 242 g/mol. The molecule has 0 fully saturated rings. The highest BCUT2D eigenvalue weighted by Crippen LogP contribution is 2.13. The van der Waals surface area contributed by atoms with Crippen LogP contribution in [0.3, 0.4) is 0 Å². The van der Waals surface area contributed by atoms with Gasteiger partial charge in [0.2, 0.25) is 0 Å². The minimum absolute atomic E-state index is 0.0513. The van der Waals surface area contributed by atoms with Gasteiger partial charge in [0.05, 0.1) is 6.61 Å². The molecule has 0 aromatic carbocycles. The van der Waals surface area contributed by atoms with Crippen LogP contribution in [0, 0.1) is 11.8 Å². The molecule has 0 saturated heterocycles. The summed E-state index contributed by atoms with van der Waals surface area (Å²) < 4.78 is 5.23. The molecule has 0 aliphatic rings. The van der Waals surface area contributed by atoms with Gasteiger partial charge in [0.1, 0.15) is 6.29 Å². The smallest absolute Gasteiger partial charge is 0.305 e. The van der Waals surface area contributed by atoms with Crippen LogP contribution in [0.2, 0.25) is 0 Å². The van der Waals surface area contributed by atoms with Crippen LogP contribution in [0.15, 0.2) is 0 Å². The van der Waals surface area contributed by atoms with Crippen LogP contribution in [-0.2, 0) is 14.3 Å². The van der Waals surface area contributed by atoms with E-state index in [2.05, 4.69) is 13.8 Å². The molecule has 0 bridgehead atoms. The predicted molar refractivity (Wildman–Crippen MR) is 68.7 cm³/mol. The molecule has 0 N–H and O–H groups in total. The van der Waals surface area contributed by atoms with Crippen LogP contribution < -0.4 is 0 Å². The number of aldehydes is 1. The lowest BCUT2D eigenvalue weighted by Gasteiger charge is -2.14. The van der Waals surface area contributed by atoms with Crippen molar-refractivity contribution in [2.75, 3.05) is 6.61 Å². The van der Waals surface area contributed by atoms with Crippen LogP contribution in [0.5, 0.6) is 0 Å². The lowest BCUT2D eigenvalue weighted by atomic mass is 10.0. The van der Waals surface area contributed by atoms with E-state index >= 15 is 0 Å². The summed E-state index contributed by atoms with van der Waals surface area (Å²) in [5, 5.41) is 0. The molecule has 0 saturated carbocycles. The summed E-state index contributed by atoms with van der Waals surface area (Å²) in [5.41, 5.74) is 0. The van der Waals surface area contributed by atoms with E-state index < -0.39 is 0 Å². The molecule has 0 aromatic heterocycles. The van der Waals surface area contributed by atoms with Gasteiger partial charge in [-0.05, 0) is 18.8 Å². The Morgan fingerprint density at radius 1 is 1.29 bits per heavy atom. The molecule has 0 heterocycles. The number of ether oxygens (including phenoxy) is 1. The Kier molecular flexibility index (Phi) is 9.78. The molecule has 100 valence electrons. The minimum Gasteiger partial charge on any atom is -0.465 e. The zero-order valence-corrected chi connectivity index (χ0v) is 11.4. The molecule has 0 spiro atoms. The van der Waals surface area contributed by atoms with E-state index in [1.54, 1.807) is 0 Å². The van der Waals surface area contributed by atoms with Crippen LogP contribution in [0.25, 0.3) is 0 Å². The molecule has 0 radical (unpaired) electrons. The first-order valence-electron chi connectivity index (χ1n) is 6.74. The van der Waals surface area contributed by atoms with Gasteiger partial charge < -0.3 is 9.53 Å². The lowest BCUT2D eigenvalue weighted by Crippen LogP contribution is -2.14. The molecule has 2 atom stereocenters. The van der Waals surface area contributed by atoms with Crippen LogP contribution in [0.4, 0.5) is 0 Å². The number of esters is 1. The molecule has 2 unspecified atom stereocenters. The van der Waals surface area contributed by atoms with E-state index in [4.69, 9.17) is 4.74 Å². The number of rotatable bonds is 10. The average Bonchev–Trinajstić information content (AvgIpc) is 2.36. The van der Waals surface area contributed by atoms with Crippen LogP contribution in [-0.4, -0.2) is 18.9 Å². The molecule has 0 aliphatic carbocycles. The fourth-order valence-corrected chi connectivity index (χ4v) is 1.59. The molecular formula is C14H26O3. The first-order chi connectivity index (χ1) is 8.13. The van der Waals surface area contributed by atoms with Gasteiger partial charge in [-0.1, -0.05) is 40.0 Å². The van der Waals surface area contributed by atoms with Crippen LogP contribution in [0.1, 0.15) is 59.3 Å². The van der Waals surface area contributed by atoms with E-state index in [0.717, 1.165) is 19.1 Å². The van der Waals surface area contributed by atoms with Gasteiger partial charge in [0, 0.05) is 12.3 Å². The van der Waals surface area contributed by atoms with E-state index in [1.807, 2.05) is 6.92 Å². The first kappa shape index (κ1) is 16.1. The first-order valence-corrected chi connectivity index (χ1v) is 6.74. The minimum atomic E-state index is -0.173. The molecular weight excluding hydrogens is 216 g/mol. The van der Waals surface area contributed by atoms with Crippen molar-refractivity contribution in [3.63, 3.8) is 0 Å². The zero-order valence-electron chi connectivity index (χ0n) is 11.4. The summed E-state index contributed by atoms with van der Waals surface area (Å²) in [4.78, 5) is 21.8. The van der Waals surface area contributed by atoms with Gasteiger partial charge in [0.25, 0.3) is 0 Å².